The second-order valence-electron chi connectivity index (χ2n) is 0.505. The molecule has 0 rings (SSSR count). The average Bonchev–Trinajstić information content (AvgIpc) is 1.25. The fourth-order valence-corrected chi connectivity index (χ4v) is 0. The molecule has 0 aromatic carbocycles. The second-order valence-corrected chi connectivity index (χ2v) is 1.52. The Hall–Kier alpha value is 2.30. The molecule has 0 heterocycles. The van der Waals surface area contributed by atoms with Gasteiger partial charge >= 0.3 is 59.1 Å². The van der Waals surface area contributed by atoms with Crippen molar-refractivity contribution in [3.63, 3.8) is 0 Å². The SMILES string of the molecule is O=[P-](O)O.O=[P-](O)O.[Na+].[Na+]. The topological polar surface area (TPSA) is 115 Å². The first-order valence-electron chi connectivity index (χ1n) is 1.17. The van der Waals surface area contributed by atoms with Gasteiger partial charge in [0, 0.05) is 0 Å². The van der Waals surface area contributed by atoms with E-state index in [1.54, 1.807) is 0 Å². The second kappa shape index (κ2) is 17.4. The summed E-state index contributed by atoms with van der Waals surface area (Å²) >= 11 is 0. The Morgan fingerprint density at radius 2 is 0.700 bits per heavy atom. The Bertz CT molecular complexity index is 71.7. The van der Waals surface area contributed by atoms with Crippen molar-refractivity contribution in [2.75, 3.05) is 0 Å². The van der Waals surface area contributed by atoms with Crippen molar-refractivity contribution in [2.24, 2.45) is 0 Å². The molecule has 0 aromatic rings. The molecule has 0 atom stereocenters. The summed E-state index contributed by atoms with van der Waals surface area (Å²) in [6.45, 7) is 0. The monoisotopic (exact) mass is 208 g/mol. The Labute approximate surface area is 103 Å². The Morgan fingerprint density at radius 1 is 0.700 bits per heavy atom. The summed E-state index contributed by atoms with van der Waals surface area (Å²) in [4.78, 5) is 28.5. The van der Waals surface area contributed by atoms with E-state index in [1.165, 1.54) is 0 Å². The van der Waals surface area contributed by atoms with E-state index in [9.17, 15) is 0 Å². The van der Waals surface area contributed by atoms with Crippen molar-refractivity contribution in [2.45, 2.75) is 0 Å². The van der Waals surface area contributed by atoms with Gasteiger partial charge in [-0.1, -0.05) is 0 Å². The summed E-state index contributed by atoms with van der Waals surface area (Å²) in [5.41, 5.74) is 0. The molecule has 10 heteroatoms. The largest absolute Gasteiger partial charge is 1.00 e. The molecule has 0 amide bonds. The molecule has 52 valence electrons. The van der Waals surface area contributed by atoms with Crippen LogP contribution in [0.2, 0.25) is 0 Å². The molecule has 0 bridgehead atoms. The fourth-order valence-electron chi connectivity index (χ4n) is 0. The van der Waals surface area contributed by atoms with E-state index in [0.29, 0.717) is 0 Å². The first-order chi connectivity index (χ1) is 3.46. The molecule has 0 spiro atoms. The summed E-state index contributed by atoms with van der Waals surface area (Å²) in [6.07, 6.45) is 0. The van der Waals surface area contributed by atoms with Gasteiger partial charge in [-0.2, -0.15) is 0 Å². The minimum atomic E-state index is -2.87. The predicted molar refractivity (Wildman–Crippen MR) is 24.1 cm³/mol. The molecule has 0 saturated carbocycles. The number of rotatable bonds is 0. The van der Waals surface area contributed by atoms with Gasteiger partial charge in [0.1, 0.15) is 0 Å². The Balaban J connectivity index is -0.0000000300. The first kappa shape index (κ1) is 22.8. The van der Waals surface area contributed by atoms with Crippen molar-refractivity contribution >= 4 is 16.5 Å². The molecular formula is H4Na2O6P2. The van der Waals surface area contributed by atoms with Crippen LogP contribution in [0.4, 0.5) is 0 Å². The van der Waals surface area contributed by atoms with E-state index in [0.717, 1.165) is 0 Å². The van der Waals surface area contributed by atoms with Gasteiger partial charge in [-0.05, 0) is 0 Å². The molecule has 0 radical (unpaired) electrons. The van der Waals surface area contributed by atoms with Crippen LogP contribution in [0.15, 0.2) is 0 Å². The standard InChI is InChI=1S/2Na.2H2O3P/c;;2*1-4(2)3/h;;2*(H2,1,2,3)/q2*+1;2*-1. The zero-order valence-electron chi connectivity index (χ0n) is 5.50. The van der Waals surface area contributed by atoms with Crippen LogP contribution in [0, 0.1) is 0 Å². The predicted octanol–water partition coefficient (Wildman–Crippen LogP) is -6.74. The first-order valence-corrected chi connectivity index (χ1v) is 3.50. The van der Waals surface area contributed by atoms with Gasteiger partial charge in [0.25, 0.3) is 0 Å². The van der Waals surface area contributed by atoms with E-state index in [-0.39, 0.29) is 59.1 Å². The van der Waals surface area contributed by atoms with Crippen molar-refractivity contribution in [3.05, 3.63) is 0 Å². The molecule has 0 aliphatic rings. The van der Waals surface area contributed by atoms with Gasteiger partial charge in [-0.15, -0.1) is 0 Å². The maximum Gasteiger partial charge on any atom is 1.00 e. The van der Waals surface area contributed by atoms with Gasteiger partial charge in [-0.25, -0.2) is 0 Å². The maximum atomic E-state index is 8.70. The molecule has 6 nitrogen and oxygen atoms in total. The number of hydrogen-bond donors (Lipinski definition) is 4. The van der Waals surface area contributed by atoms with Gasteiger partial charge in [0.2, 0.25) is 0 Å². The minimum Gasteiger partial charge on any atom is -0.485 e. The summed E-state index contributed by atoms with van der Waals surface area (Å²) in [5.74, 6) is 0. The van der Waals surface area contributed by atoms with E-state index >= 15 is 0 Å². The van der Waals surface area contributed by atoms with Gasteiger partial charge in [0.05, 0.1) is 16.5 Å². The molecule has 0 fully saturated rings. The van der Waals surface area contributed by atoms with Crippen LogP contribution in [0.5, 0.6) is 0 Å². The Kier molecular flexibility index (Phi) is 39.7. The van der Waals surface area contributed by atoms with Crippen LogP contribution in [0.1, 0.15) is 0 Å². The van der Waals surface area contributed by atoms with Crippen LogP contribution in [-0.2, 0) is 9.13 Å². The van der Waals surface area contributed by atoms with Gasteiger partial charge in [-0.3, -0.25) is 0 Å². The summed E-state index contributed by atoms with van der Waals surface area (Å²) in [7, 11) is -5.74. The quantitative estimate of drug-likeness (QED) is 0.232. The van der Waals surface area contributed by atoms with Crippen molar-refractivity contribution in [3.8, 4) is 0 Å². The third kappa shape index (κ3) is 168. The van der Waals surface area contributed by atoms with E-state index in [2.05, 4.69) is 0 Å². The molecule has 0 aromatic heterocycles. The minimum absolute atomic E-state index is 0. The van der Waals surface area contributed by atoms with Crippen LogP contribution < -0.4 is 59.1 Å². The zero-order valence-corrected chi connectivity index (χ0v) is 11.3. The van der Waals surface area contributed by atoms with Crippen molar-refractivity contribution < 1.29 is 87.8 Å². The number of hydrogen-bond acceptors (Lipinski definition) is 2. The third-order valence-electron chi connectivity index (χ3n) is 0. The zero-order chi connectivity index (χ0) is 7.15. The van der Waals surface area contributed by atoms with Crippen LogP contribution in [-0.4, -0.2) is 19.6 Å². The molecule has 0 aliphatic carbocycles. The molecule has 0 aliphatic heterocycles. The Morgan fingerprint density at radius 3 is 0.700 bits per heavy atom. The van der Waals surface area contributed by atoms with E-state index < -0.39 is 16.5 Å². The average molecular weight is 208 g/mol. The van der Waals surface area contributed by atoms with Gasteiger partial charge < -0.3 is 28.7 Å². The third-order valence-corrected chi connectivity index (χ3v) is 0. The molecular weight excluding hydrogens is 204 g/mol. The van der Waals surface area contributed by atoms with Crippen molar-refractivity contribution in [1.29, 1.82) is 0 Å². The normalized spacial score (nSPS) is 7.00. The van der Waals surface area contributed by atoms with Crippen LogP contribution >= 0.6 is 16.5 Å². The van der Waals surface area contributed by atoms with E-state index in [4.69, 9.17) is 28.7 Å². The molecule has 4 N–H and O–H groups in total. The van der Waals surface area contributed by atoms with Crippen LogP contribution in [0.3, 0.4) is 0 Å². The smallest absolute Gasteiger partial charge is 0.485 e. The maximum absolute atomic E-state index is 8.70. The fraction of sp³-hybridized carbons (Fsp3) is 0. The molecule has 0 unspecified atom stereocenters. The summed E-state index contributed by atoms with van der Waals surface area (Å²) < 4.78 is 17.4. The van der Waals surface area contributed by atoms with Crippen LogP contribution in [0.25, 0.3) is 0 Å². The molecule has 0 saturated heterocycles. The van der Waals surface area contributed by atoms with E-state index in [1.807, 2.05) is 0 Å². The summed E-state index contributed by atoms with van der Waals surface area (Å²) in [5, 5.41) is 0. The van der Waals surface area contributed by atoms with Gasteiger partial charge in [0.15, 0.2) is 0 Å². The van der Waals surface area contributed by atoms with Crippen molar-refractivity contribution in [1.82, 2.24) is 0 Å². The molecule has 10 heavy (non-hydrogen) atoms. The summed E-state index contributed by atoms with van der Waals surface area (Å²) in [6, 6.07) is 0.